The fourth-order valence-electron chi connectivity index (χ4n) is 1.45. The lowest BCUT2D eigenvalue weighted by Gasteiger charge is -2.06. The minimum absolute atomic E-state index is 0.0766. The number of pyridine rings is 1. The van der Waals surface area contributed by atoms with Gasteiger partial charge in [-0.1, -0.05) is 11.6 Å². The minimum Gasteiger partial charge on any atom is -0.360 e. The van der Waals surface area contributed by atoms with Gasteiger partial charge < -0.3 is 5.32 Å². The molecule has 2 heterocycles. The Balaban J connectivity index is 2.20. The summed E-state index contributed by atoms with van der Waals surface area (Å²) in [5, 5.41) is 18.0. The number of aryl methyl sites for hydroxylation is 1. The van der Waals surface area contributed by atoms with E-state index < -0.39 is 4.92 Å². The molecule has 0 aromatic carbocycles. The molecule has 94 valence electrons. The van der Waals surface area contributed by atoms with Crippen LogP contribution in [0.4, 0.5) is 11.5 Å². The zero-order valence-corrected chi connectivity index (χ0v) is 11.1. The van der Waals surface area contributed by atoms with E-state index in [1.165, 1.54) is 12.1 Å². The molecule has 0 aliphatic rings. The van der Waals surface area contributed by atoms with Gasteiger partial charge in [-0.15, -0.1) is 0 Å². The fraction of sp³-hybridized carbons (Fsp3) is 0.182. The molecule has 0 spiro atoms. The van der Waals surface area contributed by atoms with Crippen LogP contribution in [0.15, 0.2) is 22.9 Å². The number of hydrogen-bond acceptors (Lipinski definition) is 5. The summed E-state index contributed by atoms with van der Waals surface area (Å²) >= 11 is 7.34. The largest absolute Gasteiger partial charge is 0.360 e. The van der Waals surface area contributed by atoms with E-state index in [1.54, 1.807) is 11.3 Å². The maximum Gasteiger partial charge on any atom is 0.311 e. The second-order valence-electron chi connectivity index (χ2n) is 3.69. The Hall–Kier alpha value is -1.66. The first-order valence-corrected chi connectivity index (χ1v) is 6.46. The molecule has 7 heteroatoms. The summed E-state index contributed by atoms with van der Waals surface area (Å²) in [7, 11) is 0. The number of rotatable bonds is 4. The number of nitro groups is 1. The van der Waals surface area contributed by atoms with E-state index >= 15 is 0 Å². The summed E-state index contributed by atoms with van der Waals surface area (Å²) in [5.41, 5.74) is 2.17. The number of thiophene rings is 1. The molecule has 0 bridgehead atoms. The average molecular weight is 284 g/mol. The van der Waals surface area contributed by atoms with Crippen molar-refractivity contribution in [2.24, 2.45) is 0 Å². The van der Waals surface area contributed by atoms with E-state index in [2.05, 4.69) is 10.3 Å². The quantitative estimate of drug-likeness (QED) is 0.528. The van der Waals surface area contributed by atoms with Gasteiger partial charge in [0.2, 0.25) is 5.82 Å². The maximum absolute atomic E-state index is 10.8. The first-order valence-electron chi connectivity index (χ1n) is 5.14. The number of anilines is 1. The Morgan fingerprint density at radius 3 is 2.89 bits per heavy atom. The van der Waals surface area contributed by atoms with Crippen LogP contribution in [-0.2, 0) is 6.54 Å². The van der Waals surface area contributed by atoms with Crippen molar-refractivity contribution < 1.29 is 4.92 Å². The minimum atomic E-state index is -0.480. The van der Waals surface area contributed by atoms with Crippen LogP contribution in [0.1, 0.15) is 11.1 Å². The molecular formula is C11H10ClN3O2S. The lowest BCUT2D eigenvalue weighted by molar-refractivity contribution is -0.384. The van der Waals surface area contributed by atoms with Gasteiger partial charge in [-0.3, -0.25) is 10.1 Å². The van der Waals surface area contributed by atoms with Crippen LogP contribution < -0.4 is 5.32 Å². The van der Waals surface area contributed by atoms with Crippen molar-refractivity contribution in [1.82, 2.24) is 4.98 Å². The summed E-state index contributed by atoms with van der Waals surface area (Å²) in [6.45, 7) is 2.48. The highest BCUT2D eigenvalue weighted by Gasteiger charge is 2.15. The van der Waals surface area contributed by atoms with Gasteiger partial charge in [0.25, 0.3) is 0 Å². The zero-order chi connectivity index (χ0) is 13.1. The molecule has 0 atom stereocenters. The molecule has 5 nitrogen and oxygen atoms in total. The van der Waals surface area contributed by atoms with Crippen LogP contribution in [0.2, 0.25) is 5.15 Å². The molecule has 2 aromatic heterocycles. The Labute approximate surface area is 113 Å². The highest BCUT2D eigenvalue weighted by atomic mass is 35.5. The third-order valence-corrected chi connectivity index (χ3v) is 3.57. The van der Waals surface area contributed by atoms with Gasteiger partial charge in [0.05, 0.1) is 4.92 Å². The van der Waals surface area contributed by atoms with Gasteiger partial charge >= 0.3 is 5.69 Å². The van der Waals surface area contributed by atoms with Gasteiger partial charge in [-0.25, -0.2) is 4.98 Å². The molecule has 2 aromatic rings. The van der Waals surface area contributed by atoms with Crippen LogP contribution in [-0.4, -0.2) is 9.91 Å². The van der Waals surface area contributed by atoms with Crippen molar-refractivity contribution in [2.45, 2.75) is 13.5 Å². The SMILES string of the molecule is Cc1cscc1CNc1nc(Cl)ccc1[N+](=O)[O-]. The van der Waals surface area contributed by atoms with Crippen molar-refractivity contribution in [3.05, 3.63) is 49.3 Å². The Morgan fingerprint density at radius 1 is 1.50 bits per heavy atom. The number of nitrogens with one attached hydrogen (secondary N) is 1. The first kappa shape index (κ1) is 12.8. The second kappa shape index (κ2) is 5.32. The highest BCUT2D eigenvalue weighted by molar-refractivity contribution is 7.08. The molecule has 0 unspecified atom stereocenters. The van der Waals surface area contributed by atoms with Crippen LogP contribution in [0, 0.1) is 17.0 Å². The van der Waals surface area contributed by atoms with Crippen molar-refractivity contribution >= 4 is 34.4 Å². The standard InChI is InChI=1S/C11H10ClN3O2S/c1-7-5-18-6-8(7)4-13-11-9(15(16)17)2-3-10(12)14-11/h2-3,5-6H,4H2,1H3,(H,13,14). The van der Waals surface area contributed by atoms with Crippen LogP contribution in [0.25, 0.3) is 0 Å². The zero-order valence-electron chi connectivity index (χ0n) is 9.51. The van der Waals surface area contributed by atoms with Crippen molar-refractivity contribution in [3.8, 4) is 0 Å². The number of nitrogens with zero attached hydrogens (tertiary/aromatic N) is 2. The van der Waals surface area contributed by atoms with Gasteiger partial charge in [0.1, 0.15) is 5.15 Å². The van der Waals surface area contributed by atoms with Crippen molar-refractivity contribution in [2.75, 3.05) is 5.32 Å². The summed E-state index contributed by atoms with van der Waals surface area (Å²) < 4.78 is 0. The predicted octanol–water partition coefficient (Wildman–Crippen LogP) is 3.63. The van der Waals surface area contributed by atoms with E-state index in [4.69, 9.17) is 11.6 Å². The van der Waals surface area contributed by atoms with Gasteiger partial charge in [-0.2, -0.15) is 11.3 Å². The van der Waals surface area contributed by atoms with E-state index in [0.717, 1.165) is 11.1 Å². The van der Waals surface area contributed by atoms with E-state index in [1.807, 2.05) is 17.7 Å². The van der Waals surface area contributed by atoms with Gasteiger partial charge in [0, 0.05) is 12.6 Å². The molecule has 1 N–H and O–H groups in total. The summed E-state index contributed by atoms with van der Waals surface area (Å²) in [6, 6.07) is 2.75. The van der Waals surface area contributed by atoms with Crippen molar-refractivity contribution in [1.29, 1.82) is 0 Å². The normalized spacial score (nSPS) is 10.3. The monoisotopic (exact) mass is 283 g/mol. The molecule has 0 aliphatic heterocycles. The first-order chi connectivity index (χ1) is 8.58. The summed E-state index contributed by atoms with van der Waals surface area (Å²) in [5.74, 6) is 0.193. The molecule has 0 amide bonds. The smallest absolute Gasteiger partial charge is 0.311 e. The molecule has 0 saturated heterocycles. The molecule has 0 radical (unpaired) electrons. The van der Waals surface area contributed by atoms with Gasteiger partial charge in [-0.05, 0) is 34.9 Å². The molecule has 0 saturated carbocycles. The Morgan fingerprint density at radius 2 is 2.28 bits per heavy atom. The lowest BCUT2D eigenvalue weighted by Crippen LogP contribution is -2.04. The molecular weight excluding hydrogens is 274 g/mol. The maximum atomic E-state index is 10.8. The molecule has 18 heavy (non-hydrogen) atoms. The van der Waals surface area contributed by atoms with E-state index in [0.29, 0.717) is 6.54 Å². The average Bonchev–Trinajstić information content (AvgIpc) is 2.72. The van der Waals surface area contributed by atoms with Crippen LogP contribution in [0.5, 0.6) is 0 Å². The van der Waals surface area contributed by atoms with Crippen LogP contribution >= 0.6 is 22.9 Å². The predicted molar refractivity (Wildman–Crippen MR) is 72.3 cm³/mol. The third-order valence-electron chi connectivity index (χ3n) is 2.44. The topological polar surface area (TPSA) is 68.1 Å². The molecule has 0 fully saturated rings. The number of hydrogen-bond donors (Lipinski definition) is 1. The lowest BCUT2D eigenvalue weighted by atomic mass is 10.2. The van der Waals surface area contributed by atoms with E-state index in [-0.39, 0.29) is 16.7 Å². The summed E-state index contributed by atoms with van der Waals surface area (Å²) in [6.07, 6.45) is 0. The number of aromatic nitrogens is 1. The third kappa shape index (κ3) is 2.77. The van der Waals surface area contributed by atoms with Crippen molar-refractivity contribution in [3.63, 3.8) is 0 Å². The highest BCUT2D eigenvalue weighted by Crippen LogP contribution is 2.25. The van der Waals surface area contributed by atoms with Gasteiger partial charge in [0.15, 0.2) is 0 Å². The molecule has 2 rings (SSSR count). The fourth-order valence-corrected chi connectivity index (χ4v) is 2.46. The van der Waals surface area contributed by atoms with E-state index in [9.17, 15) is 10.1 Å². The number of halogens is 1. The second-order valence-corrected chi connectivity index (χ2v) is 4.82. The van der Waals surface area contributed by atoms with Crippen LogP contribution in [0.3, 0.4) is 0 Å². The summed E-state index contributed by atoms with van der Waals surface area (Å²) in [4.78, 5) is 14.3. The Kier molecular flexibility index (Phi) is 3.78. The molecule has 0 aliphatic carbocycles. The Bertz CT molecular complexity index is 585.